The Morgan fingerprint density at radius 2 is 1.57 bits per heavy atom. The normalized spacial score (nSPS) is 11.4. The molecule has 0 aliphatic heterocycles. The van der Waals surface area contributed by atoms with Gasteiger partial charge < -0.3 is 14.6 Å². The van der Waals surface area contributed by atoms with Crippen LogP contribution in [0.25, 0.3) is 0 Å². The van der Waals surface area contributed by atoms with Crippen LogP contribution in [0.4, 0.5) is 0 Å². The van der Waals surface area contributed by atoms with E-state index in [0.29, 0.717) is 0 Å². The molecule has 1 atom stereocenters. The maximum absolute atomic E-state index is 11.7. The maximum atomic E-state index is 11.7. The predicted octanol–water partition coefficient (Wildman–Crippen LogP) is 1.18. The van der Waals surface area contributed by atoms with E-state index in [2.05, 4.69) is 13.2 Å². The highest BCUT2D eigenvalue weighted by Crippen LogP contribution is 2.08. The van der Waals surface area contributed by atoms with Crippen LogP contribution < -0.4 is 0 Å². The first-order valence-electron chi connectivity index (χ1n) is 6.55. The molecular formula is C15H22O6. The van der Waals surface area contributed by atoms with E-state index in [1.54, 1.807) is 0 Å². The van der Waals surface area contributed by atoms with E-state index in [1.165, 1.54) is 13.8 Å². The fourth-order valence-corrected chi connectivity index (χ4v) is 1.30. The fraction of sp³-hybridized carbons (Fsp3) is 0.533. The van der Waals surface area contributed by atoms with Gasteiger partial charge in [-0.3, -0.25) is 4.79 Å². The van der Waals surface area contributed by atoms with Gasteiger partial charge in [-0.25, -0.2) is 9.59 Å². The molecule has 1 N–H and O–H groups in total. The average molecular weight is 298 g/mol. The van der Waals surface area contributed by atoms with Gasteiger partial charge in [-0.05, 0) is 13.8 Å². The first-order valence-corrected chi connectivity index (χ1v) is 6.55. The van der Waals surface area contributed by atoms with E-state index < -0.39 is 17.9 Å². The summed E-state index contributed by atoms with van der Waals surface area (Å²) >= 11 is 0. The lowest BCUT2D eigenvalue weighted by Crippen LogP contribution is -2.21. The summed E-state index contributed by atoms with van der Waals surface area (Å²) in [7, 11) is 0. The molecule has 0 aromatic heterocycles. The Kier molecular flexibility index (Phi) is 8.96. The van der Waals surface area contributed by atoms with Crippen molar-refractivity contribution in [3.05, 3.63) is 24.3 Å². The van der Waals surface area contributed by atoms with Crippen LogP contribution in [0.3, 0.4) is 0 Å². The van der Waals surface area contributed by atoms with Crippen LogP contribution in [0.2, 0.25) is 0 Å². The number of carbonyl (C=O) groups excluding carboxylic acids is 3. The smallest absolute Gasteiger partial charge is 0.333 e. The second-order valence-corrected chi connectivity index (χ2v) is 4.84. The lowest BCUT2D eigenvalue weighted by molar-refractivity contribution is -0.142. The molecule has 0 spiro atoms. The zero-order chi connectivity index (χ0) is 16.4. The minimum Gasteiger partial charge on any atom is -0.462 e. The Morgan fingerprint density at radius 3 is 2.05 bits per heavy atom. The molecule has 0 radical (unpaired) electrons. The Morgan fingerprint density at radius 1 is 1.05 bits per heavy atom. The minimum atomic E-state index is -0.559. The molecule has 0 saturated carbocycles. The van der Waals surface area contributed by atoms with Gasteiger partial charge in [-0.2, -0.15) is 0 Å². The monoisotopic (exact) mass is 298 g/mol. The summed E-state index contributed by atoms with van der Waals surface area (Å²) in [4.78, 5) is 34.0. The van der Waals surface area contributed by atoms with E-state index in [4.69, 9.17) is 14.6 Å². The molecule has 0 aromatic carbocycles. The largest absolute Gasteiger partial charge is 0.462 e. The summed E-state index contributed by atoms with van der Waals surface area (Å²) in [5.41, 5.74) is 0.520. The van der Waals surface area contributed by atoms with Gasteiger partial charge in [-0.1, -0.05) is 13.2 Å². The molecule has 118 valence electrons. The number of ketones is 1. The number of rotatable bonds is 10. The van der Waals surface area contributed by atoms with E-state index in [1.807, 2.05) is 0 Å². The SMILES string of the molecule is C=C(C)C(=O)OCCC(=O)CC(CO)COC(=O)C(=C)C. The van der Waals surface area contributed by atoms with Gasteiger partial charge in [0.1, 0.15) is 5.78 Å². The summed E-state index contributed by atoms with van der Waals surface area (Å²) in [6.07, 6.45) is 0.0918. The molecule has 0 amide bonds. The molecule has 21 heavy (non-hydrogen) atoms. The Balaban J connectivity index is 4.04. The van der Waals surface area contributed by atoms with Crippen molar-refractivity contribution < 1.29 is 29.0 Å². The van der Waals surface area contributed by atoms with Crippen LogP contribution in [-0.2, 0) is 23.9 Å². The molecule has 0 bridgehead atoms. The highest BCUT2D eigenvalue weighted by molar-refractivity contribution is 5.87. The molecule has 6 heteroatoms. The molecule has 0 aliphatic carbocycles. The summed E-state index contributed by atoms with van der Waals surface area (Å²) in [6, 6.07) is 0. The standard InChI is InChI=1S/C15H22O6/c1-10(2)14(18)20-6-5-13(17)7-12(8-16)9-21-15(19)11(3)4/h12,16H,1,3,5-9H2,2,4H3. The number of carbonyl (C=O) groups is 3. The third-order valence-electron chi connectivity index (χ3n) is 2.54. The number of esters is 2. The Labute approximate surface area is 124 Å². The van der Waals surface area contributed by atoms with Crippen molar-refractivity contribution in [2.45, 2.75) is 26.7 Å². The number of aliphatic hydroxyl groups excluding tert-OH is 1. The van der Waals surface area contributed by atoms with Gasteiger partial charge >= 0.3 is 11.9 Å². The predicted molar refractivity (Wildman–Crippen MR) is 76.4 cm³/mol. The molecular weight excluding hydrogens is 276 g/mol. The third-order valence-corrected chi connectivity index (χ3v) is 2.54. The number of hydrogen-bond donors (Lipinski definition) is 1. The summed E-state index contributed by atoms with van der Waals surface area (Å²) in [5.74, 6) is -1.76. The topological polar surface area (TPSA) is 89.9 Å². The number of Topliss-reactive ketones (excluding diaryl/α,β-unsaturated/α-hetero) is 1. The molecule has 0 heterocycles. The van der Waals surface area contributed by atoms with Gasteiger partial charge in [-0.15, -0.1) is 0 Å². The van der Waals surface area contributed by atoms with Crippen LogP contribution in [0.15, 0.2) is 24.3 Å². The van der Waals surface area contributed by atoms with Crippen molar-refractivity contribution in [1.29, 1.82) is 0 Å². The average Bonchev–Trinajstić information content (AvgIpc) is 2.42. The molecule has 0 aliphatic rings. The second-order valence-electron chi connectivity index (χ2n) is 4.84. The lowest BCUT2D eigenvalue weighted by atomic mass is 10.0. The van der Waals surface area contributed by atoms with Crippen molar-refractivity contribution in [2.75, 3.05) is 19.8 Å². The summed E-state index contributed by atoms with van der Waals surface area (Å²) < 4.78 is 9.68. The molecule has 0 fully saturated rings. The van der Waals surface area contributed by atoms with E-state index in [0.717, 1.165) is 0 Å². The fourth-order valence-electron chi connectivity index (χ4n) is 1.30. The first kappa shape index (κ1) is 19.1. The Hall–Kier alpha value is -1.95. The first-order chi connectivity index (χ1) is 9.77. The van der Waals surface area contributed by atoms with Gasteiger partial charge in [0.2, 0.25) is 0 Å². The maximum Gasteiger partial charge on any atom is 0.333 e. The van der Waals surface area contributed by atoms with Crippen molar-refractivity contribution in [3.8, 4) is 0 Å². The van der Waals surface area contributed by atoms with E-state index >= 15 is 0 Å². The van der Waals surface area contributed by atoms with Crippen LogP contribution >= 0.6 is 0 Å². The number of aliphatic hydroxyl groups is 1. The zero-order valence-corrected chi connectivity index (χ0v) is 12.5. The molecule has 6 nitrogen and oxygen atoms in total. The number of ether oxygens (including phenoxy) is 2. The van der Waals surface area contributed by atoms with Crippen molar-refractivity contribution >= 4 is 17.7 Å². The Bertz CT molecular complexity index is 424. The molecule has 0 aromatic rings. The summed E-state index contributed by atoms with van der Waals surface area (Å²) in [5, 5.41) is 9.15. The second kappa shape index (κ2) is 9.88. The van der Waals surface area contributed by atoms with Crippen LogP contribution in [0.5, 0.6) is 0 Å². The zero-order valence-electron chi connectivity index (χ0n) is 12.5. The highest BCUT2D eigenvalue weighted by atomic mass is 16.5. The quantitative estimate of drug-likeness (QED) is 0.481. The highest BCUT2D eigenvalue weighted by Gasteiger charge is 2.16. The van der Waals surface area contributed by atoms with E-state index in [9.17, 15) is 14.4 Å². The molecule has 0 rings (SSSR count). The van der Waals surface area contributed by atoms with Crippen molar-refractivity contribution in [2.24, 2.45) is 5.92 Å². The van der Waals surface area contributed by atoms with Crippen molar-refractivity contribution in [1.82, 2.24) is 0 Å². The molecule has 1 unspecified atom stereocenters. The summed E-state index contributed by atoms with van der Waals surface area (Å²) in [6.45, 7) is 9.51. The number of hydrogen-bond acceptors (Lipinski definition) is 6. The molecule has 0 saturated heterocycles. The van der Waals surface area contributed by atoms with Crippen molar-refractivity contribution in [3.63, 3.8) is 0 Å². The van der Waals surface area contributed by atoms with Gasteiger partial charge in [0.25, 0.3) is 0 Å². The van der Waals surface area contributed by atoms with Gasteiger partial charge in [0, 0.05) is 36.5 Å². The van der Waals surface area contributed by atoms with Gasteiger partial charge in [0.15, 0.2) is 0 Å². The van der Waals surface area contributed by atoms with Crippen LogP contribution in [0, 0.1) is 5.92 Å². The van der Waals surface area contributed by atoms with Crippen LogP contribution in [0.1, 0.15) is 26.7 Å². The third kappa shape index (κ3) is 8.75. The van der Waals surface area contributed by atoms with E-state index in [-0.39, 0.29) is 49.6 Å². The van der Waals surface area contributed by atoms with Gasteiger partial charge in [0.05, 0.1) is 13.2 Å². The van der Waals surface area contributed by atoms with Crippen LogP contribution in [-0.4, -0.2) is 42.6 Å². The lowest BCUT2D eigenvalue weighted by Gasteiger charge is -2.13. The minimum absolute atomic E-state index is 0.0335.